The molecular weight excluding hydrogens is 236 g/mol. The Balaban J connectivity index is 1.83. The molecule has 2 rings (SSSR count). The van der Waals surface area contributed by atoms with Crippen molar-refractivity contribution < 1.29 is 4.42 Å². The minimum atomic E-state index is 0.151. The molecule has 0 unspecified atom stereocenters. The Morgan fingerprint density at radius 2 is 2.00 bits per heavy atom. The third kappa shape index (κ3) is 4.66. The fourth-order valence-corrected chi connectivity index (χ4v) is 2.69. The van der Waals surface area contributed by atoms with Gasteiger partial charge in [-0.15, -0.1) is 0 Å². The van der Waals surface area contributed by atoms with Gasteiger partial charge in [-0.05, 0) is 46.7 Å². The van der Waals surface area contributed by atoms with Crippen LogP contribution < -0.4 is 5.32 Å². The second-order valence-corrected chi connectivity index (χ2v) is 6.88. The first-order valence-electron chi connectivity index (χ1n) is 7.45. The summed E-state index contributed by atoms with van der Waals surface area (Å²) in [7, 11) is 2.21. The first-order valence-corrected chi connectivity index (χ1v) is 7.45. The van der Waals surface area contributed by atoms with Gasteiger partial charge >= 0.3 is 0 Å². The van der Waals surface area contributed by atoms with E-state index in [9.17, 15) is 0 Å². The van der Waals surface area contributed by atoms with E-state index in [0.29, 0.717) is 0 Å². The molecule has 0 aromatic carbocycles. The standard InChI is InChI=1S/C16H28N2O/c1-16(2,3)17-10-13-9-15(19-12-13)11-18(4)14-7-5-6-8-14/h9,12,14,17H,5-8,10-11H2,1-4H3. The zero-order valence-electron chi connectivity index (χ0n) is 12.8. The van der Waals surface area contributed by atoms with Gasteiger partial charge in [-0.25, -0.2) is 0 Å². The minimum absolute atomic E-state index is 0.151. The molecule has 3 heteroatoms. The Labute approximate surface area is 117 Å². The largest absolute Gasteiger partial charge is 0.468 e. The van der Waals surface area contributed by atoms with Gasteiger partial charge in [0.15, 0.2) is 0 Å². The molecule has 0 spiro atoms. The predicted octanol–water partition coefficient (Wildman–Crippen LogP) is 3.54. The maximum atomic E-state index is 5.68. The lowest BCUT2D eigenvalue weighted by Crippen LogP contribution is -2.34. The van der Waals surface area contributed by atoms with Crippen LogP contribution in [-0.4, -0.2) is 23.5 Å². The molecule has 0 bridgehead atoms. The Bertz CT molecular complexity index is 386. The molecule has 1 aromatic heterocycles. The van der Waals surface area contributed by atoms with E-state index in [1.54, 1.807) is 0 Å². The highest BCUT2D eigenvalue weighted by atomic mass is 16.3. The summed E-state index contributed by atoms with van der Waals surface area (Å²) in [6, 6.07) is 2.94. The SMILES string of the molecule is CN(Cc1cc(CNC(C)(C)C)co1)C1CCCC1. The van der Waals surface area contributed by atoms with Crippen LogP contribution in [0.5, 0.6) is 0 Å². The second kappa shape index (κ2) is 6.10. The van der Waals surface area contributed by atoms with Crippen LogP contribution in [0.25, 0.3) is 0 Å². The molecule has 1 aromatic rings. The van der Waals surface area contributed by atoms with Crippen molar-refractivity contribution in [2.75, 3.05) is 7.05 Å². The Hall–Kier alpha value is -0.800. The van der Waals surface area contributed by atoms with Crippen LogP contribution >= 0.6 is 0 Å². The average Bonchev–Trinajstić information content (AvgIpc) is 2.96. The van der Waals surface area contributed by atoms with Crippen molar-refractivity contribution in [3.8, 4) is 0 Å². The minimum Gasteiger partial charge on any atom is -0.468 e. The van der Waals surface area contributed by atoms with Crippen LogP contribution in [0, 0.1) is 0 Å². The molecule has 1 heterocycles. The van der Waals surface area contributed by atoms with E-state index in [0.717, 1.165) is 24.9 Å². The van der Waals surface area contributed by atoms with Crippen LogP contribution in [0.4, 0.5) is 0 Å². The molecule has 1 saturated carbocycles. The van der Waals surface area contributed by atoms with Crippen LogP contribution in [0.15, 0.2) is 16.7 Å². The highest BCUT2D eigenvalue weighted by molar-refractivity contribution is 5.13. The first kappa shape index (κ1) is 14.6. The highest BCUT2D eigenvalue weighted by Crippen LogP contribution is 2.24. The number of furan rings is 1. The van der Waals surface area contributed by atoms with Crippen molar-refractivity contribution in [3.05, 3.63) is 23.7 Å². The van der Waals surface area contributed by atoms with E-state index in [1.165, 1.54) is 31.2 Å². The van der Waals surface area contributed by atoms with Crippen LogP contribution in [-0.2, 0) is 13.1 Å². The van der Waals surface area contributed by atoms with Crippen LogP contribution in [0.2, 0.25) is 0 Å². The number of nitrogens with zero attached hydrogens (tertiary/aromatic N) is 1. The monoisotopic (exact) mass is 264 g/mol. The quantitative estimate of drug-likeness (QED) is 0.881. The van der Waals surface area contributed by atoms with E-state index < -0.39 is 0 Å². The molecule has 0 amide bonds. The zero-order chi connectivity index (χ0) is 13.9. The second-order valence-electron chi connectivity index (χ2n) is 6.88. The first-order chi connectivity index (χ1) is 8.94. The Morgan fingerprint density at radius 3 is 2.63 bits per heavy atom. The van der Waals surface area contributed by atoms with Crippen molar-refractivity contribution in [2.45, 2.75) is 71.1 Å². The topological polar surface area (TPSA) is 28.4 Å². The maximum Gasteiger partial charge on any atom is 0.118 e. The summed E-state index contributed by atoms with van der Waals surface area (Å²) in [5.74, 6) is 1.08. The van der Waals surface area contributed by atoms with Gasteiger partial charge in [-0.1, -0.05) is 12.8 Å². The summed E-state index contributed by atoms with van der Waals surface area (Å²) in [5, 5.41) is 3.49. The van der Waals surface area contributed by atoms with E-state index in [1.807, 2.05) is 6.26 Å². The van der Waals surface area contributed by atoms with Gasteiger partial charge in [0.1, 0.15) is 5.76 Å². The summed E-state index contributed by atoms with van der Waals surface area (Å²) in [6.07, 6.45) is 7.34. The Kier molecular flexibility index (Phi) is 4.69. The molecule has 19 heavy (non-hydrogen) atoms. The zero-order valence-corrected chi connectivity index (χ0v) is 12.8. The highest BCUT2D eigenvalue weighted by Gasteiger charge is 2.20. The van der Waals surface area contributed by atoms with Crippen LogP contribution in [0.3, 0.4) is 0 Å². The molecule has 1 aliphatic rings. The normalized spacial score (nSPS) is 17.5. The van der Waals surface area contributed by atoms with E-state index in [-0.39, 0.29) is 5.54 Å². The molecule has 1 fully saturated rings. The number of rotatable bonds is 5. The van der Waals surface area contributed by atoms with Gasteiger partial charge in [0.2, 0.25) is 0 Å². The third-order valence-corrected chi connectivity index (χ3v) is 3.88. The maximum absolute atomic E-state index is 5.68. The summed E-state index contributed by atoms with van der Waals surface area (Å²) in [5.41, 5.74) is 1.39. The molecule has 3 nitrogen and oxygen atoms in total. The fourth-order valence-electron chi connectivity index (χ4n) is 2.69. The molecule has 1 aliphatic carbocycles. The van der Waals surface area contributed by atoms with Gasteiger partial charge in [0.05, 0.1) is 12.8 Å². The molecule has 0 atom stereocenters. The molecule has 0 aliphatic heterocycles. The van der Waals surface area contributed by atoms with E-state index in [2.05, 4.69) is 44.1 Å². The lowest BCUT2D eigenvalue weighted by molar-refractivity contribution is 0.219. The molecule has 0 saturated heterocycles. The molecule has 108 valence electrons. The lowest BCUT2D eigenvalue weighted by Gasteiger charge is -2.22. The molecular formula is C16H28N2O. The van der Waals surface area contributed by atoms with Gasteiger partial charge in [0.25, 0.3) is 0 Å². The average molecular weight is 264 g/mol. The van der Waals surface area contributed by atoms with Gasteiger partial charge in [-0.3, -0.25) is 4.90 Å². The van der Waals surface area contributed by atoms with Gasteiger partial charge in [0, 0.05) is 23.7 Å². The lowest BCUT2D eigenvalue weighted by atomic mass is 10.1. The predicted molar refractivity (Wildman–Crippen MR) is 79.0 cm³/mol. The van der Waals surface area contributed by atoms with Gasteiger partial charge in [-0.2, -0.15) is 0 Å². The summed E-state index contributed by atoms with van der Waals surface area (Å²) >= 11 is 0. The summed E-state index contributed by atoms with van der Waals surface area (Å²) in [4.78, 5) is 2.44. The van der Waals surface area contributed by atoms with Crippen molar-refractivity contribution in [2.24, 2.45) is 0 Å². The van der Waals surface area contributed by atoms with Crippen molar-refractivity contribution in [1.82, 2.24) is 10.2 Å². The summed E-state index contributed by atoms with van der Waals surface area (Å²) < 4.78 is 5.68. The van der Waals surface area contributed by atoms with Gasteiger partial charge < -0.3 is 9.73 Å². The van der Waals surface area contributed by atoms with Crippen molar-refractivity contribution in [1.29, 1.82) is 0 Å². The van der Waals surface area contributed by atoms with E-state index >= 15 is 0 Å². The smallest absolute Gasteiger partial charge is 0.118 e. The number of nitrogens with one attached hydrogen (secondary N) is 1. The fraction of sp³-hybridized carbons (Fsp3) is 0.750. The molecule has 0 radical (unpaired) electrons. The van der Waals surface area contributed by atoms with Crippen LogP contribution in [0.1, 0.15) is 57.8 Å². The third-order valence-electron chi connectivity index (χ3n) is 3.88. The van der Waals surface area contributed by atoms with Crippen molar-refractivity contribution in [3.63, 3.8) is 0 Å². The van der Waals surface area contributed by atoms with E-state index in [4.69, 9.17) is 4.42 Å². The number of hydrogen-bond donors (Lipinski definition) is 1. The Morgan fingerprint density at radius 1 is 1.32 bits per heavy atom. The summed E-state index contributed by atoms with van der Waals surface area (Å²) in [6.45, 7) is 8.35. The van der Waals surface area contributed by atoms with Crippen molar-refractivity contribution >= 4 is 0 Å². The number of hydrogen-bond acceptors (Lipinski definition) is 3. The molecule has 1 N–H and O–H groups in total.